The number of Topliss-reactive ketones (excluding diaryl/α,β-unsaturated/α-hetero) is 1. The number of rotatable bonds is 5. The maximum atomic E-state index is 11.6. The fourth-order valence-corrected chi connectivity index (χ4v) is 3.37. The molecule has 0 aliphatic heterocycles. The number of likely N-dealkylation sites (N-methyl/N-ethyl adjacent to an activating group) is 1. The molecule has 1 aromatic rings. The zero-order valence-corrected chi connectivity index (χ0v) is 12.1. The van der Waals surface area contributed by atoms with Crippen LogP contribution in [-0.4, -0.2) is 38.4 Å². The number of nitrogens with zero attached hydrogens (tertiary/aromatic N) is 1. The summed E-state index contributed by atoms with van der Waals surface area (Å²) < 4.78 is 0.854. The van der Waals surface area contributed by atoms with E-state index in [1.165, 1.54) is 29.3 Å². The summed E-state index contributed by atoms with van der Waals surface area (Å²) in [6.07, 6.45) is 0. The van der Waals surface area contributed by atoms with Crippen LogP contribution in [0.25, 0.3) is 0 Å². The molecule has 1 atom stereocenters. The van der Waals surface area contributed by atoms with Crippen molar-refractivity contribution >= 4 is 17.5 Å². The number of aromatic hydroxyl groups is 2. The summed E-state index contributed by atoms with van der Waals surface area (Å²) in [5, 5.41) is 22.4. The molecule has 1 rings (SSSR count). The van der Waals surface area contributed by atoms with Crippen LogP contribution >= 0.6 is 11.8 Å². The van der Waals surface area contributed by atoms with Crippen LogP contribution in [0.4, 0.5) is 0 Å². The van der Waals surface area contributed by atoms with Gasteiger partial charge in [0.05, 0.1) is 10.9 Å². The molecule has 0 amide bonds. The SMILES string of the molecule is CNC(C(C)=O)C(C)(C)Sc1cc(O)n(C)c1O. The van der Waals surface area contributed by atoms with Gasteiger partial charge in [-0.15, -0.1) is 11.8 Å². The van der Waals surface area contributed by atoms with Gasteiger partial charge in [0.2, 0.25) is 5.88 Å². The average molecular weight is 272 g/mol. The fourth-order valence-electron chi connectivity index (χ4n) is 2.01. The standard InChI is InChI=1S/C12H20N2O3S/c1-7(15)10(13-4)12(2,3)18-8-6-9(16)14(5)11(8)17/h6,10,13,16-17H,1-5H3. The van der Waals surface area contributed by atoms with Gasteiger partial charge >= 0.3 is 0 Å². The van der Waals surface area contributed by atoms with E-state index in [1.807, 2.05) is 13.8 Å². The number of hydrogen-bond donors (Lipinski definition) is 3. The number of aromatic nitrogens is 1. The first-order valence-corrected chi connectivity index (χ1v) is 6.46. The lowest BCUT2D eigenvalue weighted by atomic mass is 10.00. The van der Waals surface area contributed by atoms with E-state index in [9.17, 15) is 15.0 Å². The fraction of sp³-hybridized carbons (Fsp3) is 0.583. The van der Waals surface area contributed by atoms with Gasteiger partial charge < -0.3 is 15.5 Å². The van der Waals surface area contributed by atoms with Crippen molar-refractivity contribution in [2.75, 3.05) is 7.05 Å². The number of carbonyl (C=O) groups is 1. The molecule has 1 heterocycles. The van der Waals surface area contributed by atoms with E-state index in [0.29, 0.717) is 4.90 Å². The molecule has 0 spiro atoms. The van der Waals surface area contributed by atoms with Crippen molar-refractivity contribution in [1.29, 1.82) is 0 Å². The van der Waals surface area contributed by atoms with E-state index in [2.05, 4.69) is 5.32 Å². The largest absolute Gasteiger partial charge is 0.494 e. The third-order valence-corrected chi connectivity index (χ3v) is 4.19. The highest BCUT2D eigenvalue weighted by atomic mass is 32.2. The third-order valence-electron chi connectivity index (χ3n) is 2.91. The summed E-state index contributed by atoms with van der Waals surface area (Å²) >= 11 is 1.35. The van der Waals surface area contributed by atoms with Crippen molar-refractivity contribution in [2.45, 2.75) is 36.5 Å². The predicted molar refractivity (Wildman–Crippen MR) is 72.2 cm³/mol. The van der Waals surface area contributed by atoms with Gasteiger partial charge in [-0.3, -0.25) is 9.36 Å². The van der Waals surface area contributed by atoms with E-state index in [1.54, 1.807) is 14.1 Å². The molecule has 5 nitrogen and oxygen atoms in total. The van der Waals surface area contributed by atoms with E-state index < -0.39 is 4.75 Å². The Balaban J connectivity index is 3.01. The maximum Gasteiger partial charge on any atom is 0.207 e. The Morgan fingerprint density at radius 2 is 2.06 bits per heavy atom. The van der Waals surface area contributed by atoms with Crippen molar-refractivity contribution in [1.82, 2.24) is 9.88 Å². The summed E-state index contributed by atoms with van der Waals surface area (Å²) in [7, 11) is 3.30. The molecule has 0 fully saturated rings. The highest BCUT2D eigenvalue weighted by molar-refractivity contribution is 8.00. The Bertz CT molecular complexity index is 454. The van der Waals surface area contributed by atoms with Crippen LogP contribution < -0.4 is 5.32 Å². The Morgan fingerprint density at radius 3 is 2.39 bits per heavy atom. The lowest BCUT2D eigenvalue weighted by Gasteiger charge is -2.31. The van der Waals surface area contributed by atoms with Crippen LogP contribution in [0.15, 0.2) is 11.0 Å². The Hall–Kier alpha value is -1.14. The van der Waals surface area contributed by atoms with Gasteiger partial charge in [0.1, 0.15) is 5.78 Å². The summed E-state index contributed by atoms with van der Waals surface area (Å²) in [6, 6.07) is 1.17. The number of carbonyl (C=O) groups excluding carboxylic acids is 1. The zero-order chi connectivity index (χ0) is 14.1. The summed E-state index contributed by atoms with van der Waals surface area (Å²) in [5.41, 5.74) is 0. The third kappa shape index (κ3) is 2.81. The molecule has 1 unspecified atom stereocenters. The molecule has 0 aliphatic carbocycles. The molecular weight excluding hydrogens is 252 g/mol. The van der Waals surface area contributed by atoms with Crippen molar-refractivity contribution < 1.29 is 15.0 Å². The minimum atomic E-state index is -0.439. The van der Waals surface area contributed by atoms with Crippen LogP contribution in [0.1, 0.15) is 20.8 Å². The van der Waals surface area contributed by atoms with Crippen molar-refractivity contribution in [3.8, 4) is 11.8 Å². The van der Waals surface area contributed by atoms with Gasteiger partial charge in [-0.1, -0.05) is 0 Å². The van der Waals surface area contributed by atoms with Gasteiger partial charge in [0.25, 0.3) is 0 Å². The van der Waals surface area contributed by atoms with E-state index in [-0.39, 0.29) is 23.6 Å². The second-order valence-corrected chi connectivity index (χ2v) is 6.48. The summed E-state index contributed by atoms with van der Waals surface area (Å²) in [6.45, 7) is 5.37. The smallest absolute Gasteiger partial charge is 0.207 e. The summed E-state index contributed by atoms with van der Waals surface area (Å²) in [4.78, 5) is 12.1. The molecule has 0 saturated heterocycles. The minimum Gasteiger partial charge on any atom is -0.494 e. The van der Waals surface area contributed by atoms with Crippen molar-refractivity contribution in [2.24, 2.45) is 7.05 Å². The highest BCUT2D eigenvalue weighted by Gasteiger charge is 2.34. The second kappa shape index (κ2) is 5.24. The van der Waals surface area contributed by atoms with Crippen LogP contribution in [0.5, 0.6) is 11.8 Å². The molecule has 1 aromatic heterocycles. The number of ketones is 1. The van der Waals surface area contributed by atoms with Crippen molar-refractivity contribution in [3.63, 3.8) is 0 Å². The molecule has 102 valence electrons. The Kier molecular flexibility index (Phi) is 4.34. The molecule has 6 heteroatoms. The quantitative estimate of drug-likeness (QED) is 0.708. The van der Waals surface area contributed by atoms with Gasteiger partial charge in [0.15, 0.2) is 5.88 Å². The molecule has 0 radical (unpaired) electrons. The van der Waals surface area contributed by atoms with Gasteiger partial charge in [-0.05, 0) is 27.8 Å². The molecule has 0 saturated carbocycles. The molecule has 0 aliphatic rings. The normalized spacial score (nSPS) is 13.6. The minimum absolute atomic E-state index is 0.00369. The van der Waals surface area contributed by atoms with Gasteiger partial charge in [0, 0.05) is 17.9 Å². The number of hydrogen-bond acceptors (Lipinski definition) is 5. The lowest BCUT2D eigenvalue weighted by molar-refractivity contribution is -0.119. The number of thioether (sulfide) groups is 1. The summed E-state index contributed by atoms with van der Waals surface area (Å²) in [5.74, 6) is 0.0354. The Labute approximate surface area is 111 Å². The first-order chi connectivity index (χ1) is 8.20. The van der Waals surface area contributed by atoms with Crippen LogP contribution in [-0.2, 0) is 11.8 Å². The first-order valence-electron chi connectivity index (χ1n) is 5.65. The molecule has 0 bridgehead atoms. The predicted octanol–water partition coefficient (Wildman–Crippen LogP) is 1.48. The molecule has 3 N–H and O–H groups in total. The van der Waals surface area contributed by atoms with Crippen LogP contribution in [0, 0.1) is 0 Å². The molecule has 0 aromatic carbocycles. The van der Waals surface area contributed by atoms with Gasteiger partial charge in [-0.2, -0.15) is 0 Å². The molecule has 18 heavy (non-hydrogen) atoms. The second-order valence-electron chi connectivity index (χ2n) is 4.79. The lowest BCUT2D eigenvalue weighted by Crippen LogP contribution is -2.47. The zero-order valence-electron chi connectivity index (χ0n) is 11.3. The first kappa shape index (κ1) is 14.9. The highest BCUT2D eigenvalue weighted by Crippen LogP contribution is 2.42. The van der Waals surface area contributed by atoms with E-state index in [4.69, 9.17) is 0 Å². The monoisotopic (exact) mass is 272 g/mol. The van der Waals surface area contributed by atoms with E-state index >= 15 is 0 Å². The number of nitrogens with one attached hydrogen (secondary N) is 1. The average Bonchev–Trinajstić information content (AvgIpc) is 2.45. The van der Waals surface area contributed by atoms with Crippen molar-refractivity contribution in [3.05, 3.63) is 6.07 Å². The molecular formula is C12H20N2O3S. The van der Waals surface area contributed by atoms with Crippen LogP contribution in [0.3, 0.4) is 0 Å². The van der Waals surface area contributed by atoms with Crippen LogP contribution in [0.2, 0.25) is 0 Å². The Morgan fingerprint density at radius 1 is 1.50 bits per heavy atom. The van der Waals surface area contributed by atoms with E-state index in [0.717, 1.165) is 0 Å². The maximum absolute atomic E-state index is 11.6. The van der Waals surface area contributed by atoms with Gasteiger partial charge in [-0.25, -0.2) is 0 Å². The topological polar surface area (TPSA) is 74.5 Å².